The second-order valence-corrected chi connectivity index (χ2v) is 4.98. The number of pyridine rings is 1. The van der Waals surface area contributed by atoms with Gasteiger partial charge >= 0.3 is 0 Å². The molecule has 3 rings (SSSR count). The molecule has 0 saturated heterocycles. The van der Waals surface area contributed by atoms with Gasteiger partial charge in [-0.3, -0.25) is 4.98 Å². The lowest BCUT2D eigenvalue weighted by molar-refractivity contribution is 1.26. The van der Waals surface area contributed by atoms with E-state index in [-0.39, 0.29) is 11.1 Å². The van der Waals surface area contributed by atoms with Gasteiger partial charge in [-0.15, -0.1) is 0 Å². The van der Waals surface area contributed by atoms with Gasteiger partial charge in [0.2, 0.25) is 0 Å². The molecule has 2 aromatic carbocycles. The van der Waals surface area contributed by atoms with Gasteiger partial charge in [0, 0.05) is 20.0 Å². The number of aryl methyl sites for hydroxylation is 3. The highest BCUT2D eigenvalue weighted by Crippen LogP contribution is 2.32. The molecular formula is C20H19N. The second kappa shape index (κ2) is 5.53. The maximum Gasteiger partial charge on any atom is 0.0708 e. The zero-order chi connectivity index (χ0) is 19.8. The van der Waals surface area contributed by atoms with Crippen LogP contribution in [0.2, 0.25) is 0 Å². The summed E-state index contributed by atoms with van der Waals surface area (Å²) in [5.74, 6) is 0. The summed E-state index contributed by atoms with van der Waals surface area (Å²) in [6.45, 7) is -2.98. The summed E-state index contributed by atoms with van der Waals surface area (Å²) in [6.07, 6.45) is 1.33. The quantitative estimate of drug-likeness (QED) is 0.617. The van der Waals surface area contributed by atoms with Crippen LogP contribution in [0, 0.1) is 20.6 Å². The molecule has 1 heteroatoms. The standard InChI is InChI=1S/C20H19N/c1-14-8-7-9-15(2)20(14)18-12-19(21-13-16(18)3)17-10-5-4-6-11-17/h4-13H,1-3H3/i1D3,3D3. The molecule has 0 atom stereocenters. The number of aromatic nitrogens is 1. The third-order valence-corrected chi connectivity index (χ3v) is 3.52. The molecular weight excluding hydrogens is 254 g/mol. The van der Waals surface area contributed by atoms with E-state index in [4.69, 9.17) is 8.22 Å². The topological polar surface area (TPSA) is 12.9 Å². The summed E-state index contributed by atoms with van der Waals surface area (Å²) >= 11 is 0. The number of hydrogen-bond acceptors (Lipinski definition) is 1. The normalized spacial score (nSPS) is 16.0. The van der Waals surface area contributed by atoms with Crippen molar-refractivity contribution in [1.29, 1.82) is 0 Å². The first-order valence-corrected chi connectivity index (χ1v) is 6.75. The first-order chi connectivity index (χ1) is 12.6. The van der Waals surface area contributed by atoms with E-state index < -0.39 is 13.7 Å². The zero-order valence-electron chi connectivity index (χ0n) is 17.7. The summed E-state index contributed by atoms with van der Waals surface area (Å²) in [4.78, 5) is 4.32. The number of rotatable bonds is 2. The molecule has 0 aliphatic rings. The summed E-state index contributed by atoms with van der Waals surface area (Å²) in [6, 6.07) is 16.1. The van der Waals surface area contributed by atoms with Gasteiger partial charge in [-0.05, 0) is 54.5 Å². The third-order valence-electron chi connectivity index (χ3n) is 3.52. The van der Waals surface area contributed by atoms with E-state index in [1.807, 2.05) is 30.3 Å². The monoisotopic (exact) mass is 279 g/mol. The van der Waals surface area contributed by atoms with Crippen LogP contribution in [0.4, 0.5) is 0 Å². The van der Waals surface area contributed by atoms with E-state index >= 15 is 0 Å². The minimum atomic E-state index is -2.41. The fourth-order valence-electron chi connectivity index (χ4n) is 2.45. The van der Waals surface area contributed by atoms with Gasteiger partial charge in [-0.25, -0.2) is 0 Å². The van der Waals surface area contributed by atoms with E-state index in [0.717, 1.165) is 5.56 Å². The van der Waals surface area contributed by atoms with Crippen LogP contribution in [0.15, 0.2) is 60.8 Å². The van der Waals surface area contributed by atoms with Crippen molar-refractivity contribution in [2.24, 2.45) is 0 Å². The fraction of sp³-hybridized carbons (Fsp3) is 0.150. The fourth-order valence-corrected chi connectivity index (χ4v) is 2.45. The SMILES string of the molecule is [2H]C([2H])([2H])c1cnc(-c2ccccc2)cc1-c1c(C)cccc1C([2H])([2H])[2H]. The first kappa shape index (κ1) is 8.14. The largest absolute Gasteiger partial charge is 0.256 e. The van der Waals surface area contributed by atoms with Gasteiger partial charge in [0.15, 0.2) is 0 Å². The summed E-state index contributed by atoms with van der Waals surface area (Å²) in [5.41, 5.74) is 3.13. The van der Waals surface area contributed by atoms with Crippen LogP contribution in [0.3, 0.4) is 0 Å². The van der Waals surface area contributed by atoms with E-state index in [0.29, 0.717) is 22.4 Å². The van der Waals surface area contributed by atoms with Gasteiger partial charge in [0.25, 0.3) is 0 Å². The lowest BCUT2D eigenvalue weighted by Crippen LogP contribution is -1.93. The summed E-state index contributed by atoms with van der Waals surface area (Å²) in [5, 5.41) is 0. The number of hydrogen-bond donors (Lipinski definition) is 0. The molecule has 0 aliphatic carbocycles. The van der Waals surface area contributed by atoms with Crippen molar-refractivity contribution in [2.45, 2.75) is 20.6 Å². The van der Waals surface area contributed by atoms with Crippen molar-refractivity contribution in [2.75, 3.05) is 0 Å². The summed E-state index contributed by atoms with van der Waals surface area (Å²) in [7, 11) is 0. The van der Waals surface area contributed by atoms with Crippen molar-refractivity contribution in [3.8, 4) is 22.4 Å². The van der Waals surface area contributed by atoms with Gasteiger partial charge in [0.1, 0.15) is 0 Å². The molecule has 1 heterocycles. The molecule has 0 amide bonds. The van der Waals surface area contributed by atoms with Gasteiger partial charge in [-0.2, -0.15) is 0 Å². The Morgan fingerprint density at radius 1 is 0.857 bits per heavy atom. The second-order valence-electron chi connectivity index (χ2n) is 4.98. The predicted molar refractivity (Wildman–Crippen MR) is 89.3 cm³/mol. The zero-order valence-corrected chi connectivity index (χ0v) is 11.7. The maximum atomic E-state index is 7.89. The Balaban J connectivity index is 2.35. The maximum absolute atomic E-state index is 7.89. The molecule has 0 aliphatic heterocycles. The molecule has 3 aromatic rings. The van der Waals surface area contributed by atoms with Crippen LogP contribution >= 0.6 is 0 Å². The van der Waals surface area contributed by atoms with Gasteiger partial charge < -0.3 is 0 Å². The smallest absolute Gasteiger partial charge is 0.0708 e. The molecule has 0 saturated carbocycles. The number of benzene rings is 2. The molecule has 0 unspecified atom stereocenters. The average Bonchev–Trinajstić information content (AvgIpc) is 2.60. The van der Waals surface area contributed by atoms with Crippen LogP contribution in [-0.4, -0.2) is 4.98 Å². The van der Waals surface area contributed by atoms with Gasteiger partial charge in [-0.1, -0.05) is 48.5 Å². The molecule has 0 N–H and O–H groups in total. The van der Waals surface area contributed by atoms with Crippen LogP contribution in [0.5, 0.6) is 0 Å². The highest BCUT2D eigenvalue weighted by Gasteiger charge is 2.10. The molecule has 1 nitrogen and oxygen atoms in total. The van der Waals surface area contributed by atoms with E-state index in [1.165, 1.54) is 12.3 Å². The van der Waals surface area contributed by atoms with Crippen molar-refractivity contribution in [3.05, 3.63) is 77.5 Å². The Bertz CT molecular complexity index is 958. The van der Waals surface area contributed by atoms with Crippen molar-refractivity contribution in [1.82, 2.24) is 4.98 Å². The molecule has 0 spiro atoms. The predicted octanol–water partition coefficient (Wildman–Crippen LogP) is 5.34. The highest BCUT2D eigenvalue weighted by molar-refractivity contribution is 5.77. The van der Waals surface area contributed by atoms with Crippen LogP contribution in [-0.2, 0) is 0 Å². The first-order valence-electron chi connectivity index (χ1n) is 9.75. The van der Waals surface area contributed by atoms with Crippen LogP contribution < -0.4 is 0 Å². The Hall–Kier alpha value is -2.41. The van der Waals surface area contributed by atoms with Gasteiger partial charge in [0.05, 0.1) is 5.69 Å². The molecule has 0 fully saturated rings. The third kappa shape index (κ3) is 2.59. The van der Waals surface area contributed by atoms with Crippen LogP contribution in [0.25, 0.3) is 22.4 Å². The average molecular weight is 279 g/mol. The van der Waals surface area contributed by atoms with Crippen molar-refractivity contribution in [3.63, 3.8) is 0 Å². The minimum absolute atomic E-state index is 0.0435. The Morgan fingerprint density at radius 2 is 1.62 bits per heavy atom. The van der Waals surface area contributed by atoms with E-state index in [1.54, 1.807) is 25.1 Å². The molecule has 1 aromatic heterocycles. The number of nitrogens with zero attached hydrogens (tertiary/aromatic N) is 1. The lowest BCUT2D eigenvalue weighted by atomic mass is 9.92. The van der Waals surface area contributed by atoms with E-state index in [9.17, 15) is 0 Å². The lowest BCUT2D eigenvalue weighted by Gasteiger charge is -2.14. The Labute approximate surface area is 134 Å². The Morgan fingerprint density at radius 3 is 2.38 bits per heavy atom. The van der Waals surface area contributed by atoms with Crippen LogP contribution in [0.1, 0.15) is 24.9 Å². The molecule has 21 heavy (non-hydrogen) atoms. The Kier molecular flexibility index (Phi) is 2.14. The molecule has 104 valence electrons. The minimum Gasteiger partial charge on any atom is -0.256 e. The van der Waals surface area contributed by atoms with Crippen molar-refractivity contribution < 1.29 is 8.22 Å². The van der Waals surface area contributed by atoms with Crippen molar-refractivity contribution >= 4 is 0 Å². The molecule has 0 radical (unpaired) electrons. The van der Waals surface area contributed by atoms with E-state index in [2.05, 4.69) is 4.98 Å². The summed E-state index contributed by atoms with van der Waals surface area (Å²) < 4.78 is 47.3. The highest BCUT2D eigenvalue weighted by atomic mass is 14.7. The molecule has 0 bridgehead atoms.